The maximum absolute atomic E-state index is 13.4. The van der Waals surface area contributed by atoms with Gasteiger partial charge in [0.1, 0.15) is 10.4 Å². The Labute approximate surface area is 150 Å². The van der Waals surface area contributed by atoms with Gasteiger partial charge in [-0.15, -0.1) is 4.31 Å². The number of hydrogen-bond acceptors (Lipinski definition) is 4. The highest BCUT2D eigenvalue weighted by Gasteiger charge is 2.46. The van der Waals surface area contributed by atoms with E-state index in [9.17, 15) is 21.6 Å². The minimum absolute atomic E-state index is 0.0491. The molecule has 0 radical (unpaired) electrons. The van der Waals surface area contributed by atoms with Gasteiger partial charge in [0.15, 0.2) is 0 Å². The van der Waals surface area contributed by atoms with Crippen LogP contribution in [-0.4, -0.2) is 35.9 Å². The topological polar surface area (TPSA) is 64.4 Å². The number of alkyl halides is 3. The van der Waals surface area contributed by atoms with E-state index >= 15 is 0 Å². The van der Waals surface area contributed by atoms with E-state index in [0.717, 1.165) is 12.1 Å². The number of rotatable bonds is 6. The molecule has 0 aliphatic heterocycles. The summed E-state index contributed by atoms with van der Waals surface area (Å²) in [7, 11) is -3.33. The lowest BCUT2D eigenvalue weighted by atomic mass is 10.4. The van der Waals surface area contributed by atoms with Crippen LogP contribution in [0.3, 0.4) is 0 Å². The van der Waals surface area contributed by atoms with Crippen molar-refractivity contribution in [3.05, 3.63) is 45.8 Å². The van der Waals surface area contributed by atoms with Gasteiger partial charge in [0.05, 0.1) is 11.4 Å². The smallest absolute Gasteiger partial charge is 0.362 e. The van der Waals surface area contributed by atoms with Crippen LogP contribution < -0.4 is 0 Å². The molecule has 2 rings (SSSR count). The summed E-state index contributed by atoms with van der Waals surface area (Å²) in [5, 5.41) is 3.98. The zero-order chi connectivity index (χ0) is 18.0. The Morgan fingerprint density at radius 1 is 1.29 bits per heavy atom. The van der Waals surface area contributed by atoms with Crippen LogP contribution in [0.1, 0.15) is 5.56 Å². The molecule has 1 aromatic heterocycles. The molecule has 0 saturated carbocycles. The molecule has 0 fully saturated rings. The predicted molar refractivity (Wildman–Crippen MR) is 87.2 cm³/mol. The Bertz CT molecular complexity index is 794. The van der Waals surface area contributed by atoms with Crippen LogP contribution in [0.4, 0.5) is 13.2 Å². The Balaban J connectivity index is 2.41. The van der Waals surface area contributed by atoms with Gasteiger partial charge in [-0.2, -0.15) is 18.3 Å². The Hall–Kier alpha value is -1.18. The van der Waals surface area contributed by atoms with Gasteiger partial charge in [0, 0.05) is 18.9 Å². The maximum Gasteiger partial charge on any atom is 0.473 e. The Kier molecular flexibility index (Phi) is 5.88. The fourth-order valence-electron chi connectivity index (χ4n) is 1.93. The number of hydrogen-bond donors (Lipinski definition) is 0. The number of halogens is 4. The van der Waals surface area contributed by atoms with Gasteiger partial charge in [0.2, 0.25) is 10.0 Å². The van der Waals surface area contributed by atoms with Crippen LogP contribution in [0.5, 0.6) is 0 Å². The normalized spacial score (nSPS) is 12.8. The summed E-state index contributed by atoms with van der Waals surface area (Å²) >= 11 is 1.75. The van der Waals surface area contributed by atoms with E-state index in [4.69, 9.17) is 4.74 Å². The van der Waals surface area contributed by atoms with E-state index in [-0.39, 0.29) is 16.0 Å². The van der Waals surface area contributed by atoms with Crippen molar-refractivity contribution < 1.29 is 26.3 Å². The molecule has 0 aliphatic rings. The highest BCUT2D eigenvalue weighted by molar-refractivity contribution is 14.1. The lowest BCUT2D eigenvalue weighted by molar-refractivity contribution is -0.213. The van der Waals surface area contributed by atoms with Crippen molar-refractivity contribution in [2.45, 2.75) is 24.5 Å². The first-order valence-electron chi connectivity index (χ1n) is 6.51. The van der Waals surface area contributed by atoms with Crippen molar-refractivity contribution in [3.63, 3.8) is 0 Å². The molecule has 6 nitrogen and oxygen atoms in total. The molecule has 0 atom stereocenters. The lowest BCUT2D eigenvalue weighted by Crippen LogP contribution is -2.42. The van der Waals surface area contributed by atoms with E-state index in [0.29, 0.717) is 0 Å². The van der Waals surface area contributed by atoms with Crippen molar-refractivity contribution in [1.29, 1.82) is 0 Å². The van der Waals surface area contributed by atoms with Crippen molar-refractivity contribution >= 4 is 32.6 Å². The maximum atomic E-state index is 13.4. The van der Waals surface area contributed by atoms with Crippen LogP contribution in [-0.2, 0) is 28.0 Å². The monoisotopic (exact) mass is 475 g/mol. The summed E-state index contributed by atoms with van der Waals surface area (Å²) in [4.78, 5) is -0.429. The number of sulfonamides is 1. The second kappa shape index (κ2) is 7.37. The predicted octanol–water partition coefficient (Wildman–Crippen LogP) is 2.80. The molecule has 0 bridgehead atoms. The van der Waals surface area contributed by atoms with E-state index in [2.05, 4.69) is 5.10 Å². The summed E-state index contributed by atoms with van der Waals surface area (Å²) in [6, 6.07) is 6.49. The van der Waals surface area contributed by atoms with Crippen LogP contribution >= 0.6 is 22.6 Å². The SMILES string of the molecule is COCn1cc(CN(C(F)(F)F)S(=O)(=O)c2ccccc2)c(I)n1. The Morgan fingerprint density at radius 3 is 2.46 bits per heavy atom. The number of ether oxygens (including phenoxy) is 1. The summed E-state index contributed by atoms with van der Waals surface area (Å²) in [5.74, 6) is 0. The molecule has 0 N–H and O–H groups in total. The number of nitrogens with zero attached hydrogens (tertiary/aromatic N) is 3. The first kappa shape index (κ1) is 19.1. The largest absolute Gasteiger partial charge is 0.473 e. The summed E-state index contributed by atoms with van der Waals surface area (Å²) in [6.07, 6.45) is -3.74. The molecule has 24 heavy (non-hydrogen) atoms. The van der Waals surface area contributed by atoms with E-state index in [1.165, 1.54) is 36.2 Å². The molecule has 2 aromatic rings. The molecule has 132 valence electrons. The van der Waals surface area contributed by atoms with Gasteiger partial charge in [-0.3, -0.25) is 0 Å². The minimum atomic E-state index is -5.07. The van der Waals surface area contributed by atoms with Gasteiger partial charge >= 0.3 is 6.30 Å². The van der Waals surface area contributed by atoms with E-state index in [1.54, 1.807) is 22.6 Å². The van der Waals surface area contributed by atoms with Crippen LogP contribution in [0.15, 0.2) is 41.4 Å². The van der Waals surface area contributed by atoms with Gasteiger partial charge < -0.3 is 4.74 Å². The average molecular weight is 475 g/mol. The summed E-state index contributed by atoms with van der Waals surface area (Å²) < 4.78 is 70.8. The van der Waals surface area contributed by atoms with Gasteiger partial charge in [-0.25, -0.2) is 13.1 Å². The van der Waals surface area contributed by atoms with Crippen LogP contribution in [0.2, 0.25) is 0 Å². The van der Waals surface area contributed by atoms with E-state index < -0.39 is 32.1 Å². The highest BCUT2D eigenvalue weighted by Crippen LogP contribution is 2.31. The van der Waals surface area contributed by atoms with Crippen molar-refractivity contribution in [2.75, 3.05) is 7.11 Å². The molecule has 11 heteroatoms. The fraction of sp³-hybridized carbons (Fsp3) is 0.308. The molecule has 0 amide bonds. The number of aromatic nitrogens is 2. The van der Waals surface area contributed by atoms with E-state index in [1.807, 2.05) is 0 Å². The van der Waals surface area contributed by atoms with Crippen molar-refractivity contribution in [1.82, 2.24) is 14.1 Å². The molecular weight excluding hydrogens is 462 g/mol. The third-order valence-corrected chi connectivity index (χ3v) is 5.67. The average Bonchev–Trinajstić information content (AvgIpc) is 2.84. The first-order valence-corrected chi connectivity index (χ1v) is 9.03. The molecule has 1 aromatic carbocycles. The summed E-state index contributed by atoms with van der Waals surface area (Å²) in [5.41, 5.74) is 0.129. The second-order valence-corrected chi connectivity index (χ2v) is 7.58. The number of benzene rings is 1. The highest BCUT2D eigenvalue weighted by atomic mass is 127. The third kappa shape index (κ3) is 4.26. The molecular formula is C13H13F3IN3O3S. The quantitative estimate of drug-likeness (QED) is 0.477. The standard InChI is InChI=1S/C13H13F3IN3O3S/c1-23-9-19-7-10(12(17)18-19)8-20(13(14,15)16)24(21,22)11-5-3-2-4-6-11/h2-7H,8-9H2,1H3. The Morgan fingerprint density at radius 2 is 1.92 bits per heavy atom. The molecule has 0 unspecified atom stereocenters. The first-order chi connectivity index (χ1) is 11.2. The number of methoxy groups -OCH3 is 1. The molecule has 1 heterocycles. The second-order valence-electron chi connectivity index (χ2n) is 4.69. The van der Waals surface area contributed by atoms with Crippen LogP contribution in [0, 0.1) is 3.70 Å². The van der Waals surface area contributed by atoms with Gasteiger partial charge in [-0.05, 0) is 34.7 Å². The molecule has 0 aliphatic carbocycles. The third-order valence-electron chi connectivity index (χ3n) is 2.98. The zero-order valence-corrected chi connectivity index (χ0v) is 15.3. The van der Waals surface area contributed by atoms with Gasteiger partial charge in [-0.1, -0.05) is 18.2 Å². The van der Waals surface area contributed by atoms with Gasteiger partial charge in [0.25, 0.3) is 0 Å². The zero-order valence-electron chi connectivity index (χ0n) is 12.4. The molecule has 0 spiro atoms. The molecule has 0 saturated heterocycles. The fourth-order valence-corrected chi connectivity index (χ4v) is 3.85. The van der Waals surface area contributed by atoms with Crippen molar-refractivity contribution in [2.24, 2.45) is 0 Å². The summed E-state index contributed by atoms with van der Waals surface area (Å²) in [6.45, 7) is -0.823. The van der Waals surface area contributed by atoms with Crippen LogP contribution in [0.25, 0.3) is 0 Å². The minimum Gasteiger partial charge on any atom is -0.362 e. The van der Waals surface area contributed by atoms with Crippen molar-refractivity contribution in [3.8, 4) is 0 Å². The lowest BCUT2D eigenvalue weighted by Gasteiger charge is -2.24.